The van der Waals surface area contributed by atoms with Crippen LogP contribution in [0.2, 0.25) is 0 Å². The zero-order valence-electron chi connectivity index (χ0n) is 14.8. The summed E-state index contributed by atoms with van der Waals surface area (Å²) in [5, 5.41) is 9.51. The summed E-state index contributed by atoms with van der Waals surface area (Å²) < 4.78 is 32.3. The monoisotopic (exact) mass is 360 g/mol. The molecule has 1 atom stereocenters. The minimum atomic E-state index is -4.61. The minimum Gasteiger partial charge on any atom is -0.746 e. The van der Waals surface area contributed by atoms with Gasteiger partial charge in [-0.1, -0.05) is 77.6 Å². The fraction of sp³-hybridized carbons (Fsp3) is 1.00. The van der Waals surface area contributed by atoms with Gasteiger partial charge in [-0.2, -0.15) is 0 Å². The molecule has 0 saturated heterocycles. The topological polar surface area (TPSA) is 77.4 Å². The minimum absolute atomic E-state index is 0. The second kappa shape index (κ2) is 14.8. The summed E-state index contributed by atoms with van der Waals surface area (Å²) in [4.78, 5) is -2.11. The van der Waals surface area contributed by atoms with Crippen LogP contribution in [-0.4, -0.2) is 23.0 Å². The van der Waals surface area contributed by atoms with Crippen LogP contribution >= 0.6 is 0 Å². The molecule has 0 aliphatic carbocycles. The number of hydrogen-bond donors (Lipinski definition) is 1. The molecule has 22 heavy (non-hydrogen) atoms. The molecule has 0 aliphatic rings. The molecular formula is C16H33KO4S. The standard InChI is InChI=1S/C16H34O4S.K/c1-3-4-5-6-7-8-9-10-11-12-13-14-15-16(2,17)21(18,19)20;/h17H,3-15H2,1-2H3,(H,18,19,20);/q;+1/p-1. The Morgan fingerprint density at radius 1 is 0.818 bits per heavy atom. The van der Waals surface area contributed by atoms with E-state index < -0.39 is 15.1 Å². The average Bonchev–Trinajstić information content (AvgIpc) is 2.38. The molecule has 128 valence electrons. The molecule has 1 N–H and O–H groups in total. The number of unbranched alkanes of at least 4 members (excludes halogenated alkanes) is 11. The summed E-state index contributed by atoms with van der Waals surface area (Å²) in [5.41, 5.74) is 0. The van der Waals surface area contributed by atoms with Gasteiger partial charge in [0.2, 0.25) is 0 Å². The summed E-state index contributed by atoms with van der Waals surface area (Å²) in [7, 11) is -4.61. The van der Waals surface area contributed by atoms with Gasteiger partial charge < -0.3 is 9.66 Å². The van der Waals surface area contributed by atoms with Gasteiger partial charge in [-0.05, 0) is 19.8 Å². The van der Waals surface area contributed by atoms with Crippen molar-refractivity contribution in [3.05, 3.63) is 0 Å². The van der Waals surface area contributed by atoms with Gasteiger partial charge in [-0.3, -0.25) is 0 Å². The van der Waals surface area contributed by atoms with Crippen molar-refractivity contribution >= 4 is 10.1 Å². The Labute approximate surface area is 180 Å². The van der Waals surface area contributed by atoms with E-state index in [1.165, 1.54) is 51.4 Å². The zero-order chi connectivity index (χ0) is 16.2. The van der Waals surface area contributed by atoms with Crippen molar-refractivity contribution in [3.63, 3.8) is 0 Å². The van der Waals surface area contributed by atoms with Gasteiger partial charge in [-0.25, -0.2) is 8.42 Å². The van der Waals surface area contributed by atoms with Crippen molar-refractivity contribution in [1.29, 1.82) is 0 Å². The summed E-state index contributed by atoms with van der Waals surface area (Å²) in [6, 6.07) is 0. The average molecular weight is 361 g/mol. The van der Waals surface area contributed by atoms with Gasteiger partial charge in [0.25, 0.3) is 0 Å². The van der Waals surface area contributed by atoms with Crippen molar-refractivity contribution in [1.82, 2.24) is 0 Å². The van der Waals surface area contributed by atoms with Gasteiger partial charge in [-0.15, -0.1) is 0 Å². The van der Waals surface area contributed by atoms with E-state index in [1.54, 1.807) is 0 Å². The maximum Gasteiger partial charge on any atom is 1.00 e. The van der Waals surface area contributed by atoms with E-state index in [2.05, 4.69) is 6.92 Å². The van der Waals surface area contributed by atoms with E-state index in [1.807, 2.05) is 0 Å². The Hall–Kier alpha value is 1.51. The Morgan fingerprint density at radius 3 is 1.45 bits per heavy atom. The predicted molar refractivity (Wildman–Crippen MR) is 86.0 cm³/mol. The Bertz CT molecular complexity index is 342. The van der Waals surface area contributed by atoms with E-state index in [-0.39, 0.29) is 57.8 Å². The van der Waals surface area contributed by atoms with E-state index in [0.717, 1.165) is 26.2 Å². The van der Waals surface area contributed by atoms with E-state index >= 15 is 0 Å². The fourth-order valence-electron chi connectivity index (χ4n) is 2.42. The Balaban J connectivity index is 0. The predicted octanol–water partition coefficient (Wildman–Crippen LogP) is 1.34. The van der Waals surface area contributed by atoms with Crippen LogP contribution in [-0.2, 0) is 10.1 Å². The summed E-state index contributed by atoms with van der Waals surface area (Å²) in [6.07, 6.45) is 14.2. The largest absolute Gasteiger partial charge is 1.00 e. The van der Waals surface area contributed by atoms with Crippen LogP contribution in [0.5, 0.6) is 0 Å². The van der Waals surface area contributed by atoms with Crippen LogP contribution in [0.3, 0.4) is 0 Å². The summed E-state index contributed by atoms with van der Waals surface area (Å²) in [5.74, 6) is 0. The van der Waals surface area contributed by atoms with Crippen molar-refractivity contribution in [2.75, 3.05) is 0 Å². The van der Waals surface area contributed by atoms with Gasteiger partial charge >= 0.3 is 51.4 Å². The number of aliphatic hydroxyl groups is 1. The zero-order valence-corrected chi connectivity index (χ0v) is 18.7. The van der Waals surface area contributed by atoms with Crippen molar-refractivity contribution in [2.24, 2.45) is 0 Å². The molecule has 0 radical (unpaired) electrons. The van der Waals surface area contributed by atoms with Crippen molar-refractivity contribution in [3.8, 4) is 0 Å². The third-order valence-corrected chi connectivity index (χ3v) is 5.31. The first-order chi connectivity index (χ1) is 9.81. The molecule has 0 spiro atoms. The smallest absolute Gasteiger partial charge is 0.746 e. The van der Waals surface area contributed by atoms with Crippen LogP contribution in [0.1, 0.15) is 97.3 Å². The molecule has 4 nitrogen and oxygen atoms in total. The quantitative estimate of drug-likeness (QED) is 0.288. The molecule has 0 heterocycles. The first-order valence-corrected chi connectivity index (χ1v) is 9.90. The molecule has 0 amide bonds. The van der Waals surface area contributed by atoms with E-state index in [0.29, 0.717) is 6.42 Å². The maximum absolute atomic E-state index is 10.8. The normalized spacial score (nSPS) is 14.4. The molecule has 0 aromatic carbocycles. The molecule has 0 fully saturated rings. The van der Waals surface area contributed by atoms with Crippen LogP contribution < -0.4 is 51.4 Å². The first kappa shape index (κ1) is 25.7. The van der Waals surface area contributed by atoms with Gasteiger partial charge in [0.1, 0.15) is 10.1 Å². The molecule has 1 unspecified atom stereocenters. The third-order valence-electron chi connectivity index (χ3n) is 4.03. The maximum atomic E-state index is 10.8. The molecule has 0 aromatic rings. The molecule has 0 rings (SSSR count). The van der Waals surface area contributed by atoms with Gasteiger partial charge in [0, 0.05) is 0 Å². The van der Waals surface area contributed by atoms with Crippen LogP contribution in [0.4, 0.5) is 0 Å². The Kier molecular flexibility index (Phi) is 17.3. The molecule has 0 aliphatic heterocycles. The summed E-state index contributed by atoms with van der Waals surface area (Å²) in [6.45, 7) is 3.32. The van der Waals surface area contributed by atoms with Crippen molar-refractivity contribution in [2.45, 2.75) is 102 Å². The van der Waals surface area contributed by atoms with Crippen molar-refractivity contribution < 1.29 is 69.5 Å². The Morgan fingerprint density at radius 2 is 1.14 bits per heavy atom. The third kappa shape index (κ3) is 13.9. The van der Waals surface area contributed by atoms with Crippen LogP contribution in [0.25, 0.3) is 0 Å². The molecular weight excluding hydrogens is 327 g/mol. The van der Waals surface area contributed by atoms with E-state index in [4.69, 9.17) is 0 Å². The second-order valence-corrected chi connectivity index (χ2v) is 8.06. The number of hydrogen-bond acceptors (Lipinski definition) is 4. The number of rotatable bonds is 14. The van der Waals surface area contributed by atoms with Crippen LogP contribution in [0.15, 0.2) is 0 Å². The van der Waals surface area contributed by atoms with E-state index in [9.17, 15) is 18.1 Å². The molecule has 6 heteroatoms. The summed E-state index contributed by atoms with van der Waals surface area (Å²) >= 11 is 0. The van der Waals surface area contributed by atoms with Gasteiger partial charge in [0.05, 0.1) is 0 Å². The second-order valence-electron chi connectivity index (χ2n) is 6.27. The van der Waals surface area contributed by atoms with Gasteiger partial charge in [0.15, 0.2) is 4.93 Å². The molecule has 0 bridgehead atoms. The first-order valence-electron chi connectivity index (χ1n) is 8.49. The molecule has 0 saturated carbocycles. The van der Waals surface area contributed by atoms with Crippen LogP contribution in [0, 0.1) is 0 Å². The molecule has 0 aromatic heterocycles. The SMILES string of the molecule is CCCCCCCCCCCCCCC(C)(O)S(=O)(=O)[O-].[K+]. The fourth-order valence-corrected chi connectivity index (χ4v) is 2.81.